The molecule has 0 saturated heterocycles. The first kappa shape index (κ1) is 14.2. The highest BCUT2D eigenvalue weighted by Gasteiger charge is 2.48. The van der Waals surface area contributed by atoms with Crippen LogP contribution in [0.1, 0.15) is 25.8 Å². The fourth-order valence-electron chi connectivity index (χ4n) is 2.45. The molecule has 5 heteroatoms. The van der Waals surface area contributed by atoms with Crippen LogP contribution in [0.2, 0.25) is 10.0 Å². The molecule has 0 bridgehead atoms. The Labute approximate surface area is 121 Å². The second-order valence-electron chi connectivity index (χ2n) is 4.72. The van der Waals surface area contributed by atoms with Crippen LogP contribution in [-0.2, 0) is 9.53 Å². The predicted molar refractivity (Wildman–Crippen MR) is 75.3 cm³/mol. The van der Waals surface area contributed by atoms with Crippen LogP contribution in [0.15, 0.2) is 24.5 Å². The molecule has 1 heterocycles. The molecule has 0 radical (unpaired) electrons. The van der Waals surface area contributed by atoms with Gasteiger partial charge in [-0.15, -0.1) is 0 Å². The van der Waals surface area contributed by atoms with E-state index in [2.05, 4.69) is 0 Å². The second-order valence-corrected chi connectivity index (χ2v) is 5.60. The van der Waals surface area contributed by atoms with E-state index in [1.165, 1.54) is 6.26 Å². The minimum Gasteiger partial charge on any atom is -0.482 e. The van der Waals surface area contributed by atoms with Crippen molar-refractivity contribution in [3.05, 3.63) is 40.1 Å². The molecule has 2 atom stereocenters. The van der Waals surface area contributed by atoms with Gasteiger partial charge in [0.1, 0.15) is 0 Å². The van der Waals surface area contributed by atoms with Gasteiger partial charge >= 0.3 is 5.97 Å². The van der Waals surface area contributed by atoms with Gasteiger partial charge in [0, 0.05) is 21.5 Å². The molecule has 1 N–H and O–H groups in total. The first-order valence-electron chi connectivity index (χ1n) is 5.96. The number of carbonyl (C=O) groups is 1. The Balaban J connectivity index is 2.43. The lowest BCUT2D eigenvalue weighted by atomic mass is 9.80. The van der Waals surface area contributed by atoms with E-state index >= 15 is 0 Å². The summed E-state index contributed by atoms with van der Waals surface area (Å²) in [5.74, 6) is -1.21. The normalized spacial score (nSPS) is 25.9. The summed E-state index contributed by atoms with van der Waals surface area (Å²) in [4.78, 5) is 11.4. The largest absolute Gasteiger partial charge is 0.482 e. The van der Waals surface area contributed by atoms with Crippen molar-refractivity contribution < 1.29 is 14.6 Å². The van der Waals surface area contributed by atoms with Crippen LogP contribution in [0.4, 0.5) is 0 Å². The number of rotatable bonds is 3. The summed E-state index contributed by atoms with van der Waals surface area (Å²) < 4.78 is 5.40. The first-order chi connectivity index (χ1) is 8.88. The smallest absolute Gasteiger partial charge is 0.348 e. The highest BCUT2D eigenvalue weighted by Crippen LogP contribution is 2.43. The molecule has 1 aromatic carbocycles. The van der Waals surface area contributed by atoms with Crippen molar-refractivity contribution in [3.8, 4) is 0 Å². The van der Waals surface area contributed by atoms with Crippen molar-refractivity contribution in [1.29, 1.82) is 0 Å². The molecule has 102 valence electrons. The molecule has 3 nitrogen and oxygen atoms in total. The number of ether oxygens (including phenoxy) is 1. The van der Waals surface area contributed by atoms with Gasteiger partial charge in [-0.05, 0) is 37.1 Å². The molecule has 1 aromatic rings. The van der Waals surface area contributed by atoms with Crippen LogP contribution < -0.4 is 0 Å². The van der Waals surface area contributed by atoms with E-state index < -0.39 is 11.6 Å². The number of benzene rings is 1. The lowest BCUT2D eigenvalue weighted by Crippen LogP contribution is -2.41. The van der Waals surface area contributed by atoms with Crippen LogP contribution in [0.25, 0.3) is 5.57 Å². The number of carboxylic acid groups (broad SMARTS) is 1. The van der Waals surface area contributed by atoms with Crippen molar-refractivity contribution in [3.63, 3.8) is 0 Å². The van der Waals surface area contributed by atoms with Gasteiger partial charge in [-0.25, -0.2) is 4.79 Å². The van der Waals surface area contributed by atoms with Crippen molar-refractivity contribution >= 4 is 34.7 Å². The Morgan fingerprint density at radius 2 is 1.95 bits per heavy atom. The molecule has 19 heavy (non-hydrogen) atoms. The average molecular weight is 301 g/mol. The number of hydrogen-bond donors (Lipinski definition) is 1. The summed E-state index contributed by atoms with van der Waals surface area (Å²) in [5, 5.41) is 10.4. The molecule has 2 unspecified atom stereocenters. The Bertz CT molecular complexity index is 533. The zero-order chi connectivity index (χ0) is 14.2. The summed E-state index contributed by atoms with van der Waals surface area (Å²) >= 11 is 12.0. The van der Waals surface area contributed by atoms with E-state index in [0.717, 1.165) is 11.1 Å². The fourth-order valence-corrected chi connectivity index (χ4v) is 2.97. The number of aliphatic carboxylic acids is 1. The Kier molecular flexibility index (Phi) is 3.79. The van der Waals surface area contributed by atoms with Crippen molar-refractivity contribution in [2.24, 2.45) is 5.92 Å². The van der Waals surface area contributed by atoms with Gasteiger partial charge in [-0.3, -0.25) is 0 Å². The lowest BCUT2D eigenvalue weighted by molar-refractivity contribution is -0.158. The van der Waals surface area contributed by atoms with Gasteiger partial charge in [0.25, 0.3) is 0 Å². The minimum absolute atomic E-state index is 0.237. The predicted octanol–water partition coefficient (Wildman–Crippen LogP) is 4.23. The van der Waals surface area contributed by atoms with E-state index in [-0.39, 0.29) is 5.92 Å². The Hall–Kier alpha value is -1.19. The van der Waals surface area contributed by atoms with E-state index in [1.807, 2.05) is 6.92 Å². The van der Waals surface area contributed by atoms with Crippen LogP contribution in [0.3, 0.4) is 0 Å². The van der Waals surface area contributed by atoms with Crippen molar-refractivity contribution in [1.82, 2.24) is 0 Å². The standard InChI is InChI=1S/C14H14Cl2O3/c1-3-12-11(7-19-14(12,2)13(17)18)8-4-9(15)6-10(16)5-8/h4-7,12H,3H2,1-2H3,(H,17,18). The monoisotopic (exact) mass is 300 g/mol. The molecule has 1 aliphatic rings. The van der Waals surface area contributed by atoms with Gasteiger partial charge in [-0.1, -0.05) is 30.1 Å². The SMILES string of the molecule is CCC1C(c2cc(Cl)cc(Cl)c2)=COC1(C)C(=O)O. The molecule has 0 amide bonds. The summed E-state index contributed by atoms with van der Waals surface area (Å²) in [5.41, 5.74) is 0.380. The van der Waals surface area contributed by atoms with Gasteiger partial charge < -0.3 is 9.84 Å². The molecular weight excluding hydrogens is 287 g/mol. The molecule has 1 aliphatic heterocycles. The third-order valence-electron chi connectivity index (χ3n) is 3.50. The van der Waals surface area contributed by atoms with Gasteiger partial charge in [0.2, 0.25) is 5.60 Å². The zero-order valence-electron chi connectivity index (χ0n) is 10.6. The first-order valence-corrected chi connectivity index (χ1v) is 6.71. The molecule has 0 spiro atoms. The summed E-state index contributed by atoms with van der Waals surface area (Å²) in [6, 6.07) is 5.16. The molecule has 0 aliphatic carbocycles. The fraction of sp³-hybridized carbons (Fsp3) is 0.357. The Morgan fingerprint density at radius 1 is 1.37 bits per heavy atom. The maximum Gasteiger partial charge on any atom is 0.348 e. The second kappa shape index (κ2) is 5.06. The molecule has 0 aromatic heterocycles. The van der Waals surface area contributed by atoms with Crippen LogP contribution in [0.5, 0.6) is 0 Å². The van der Waals surface area contributed by atoms with E-state index in [0.29, 0.717) is 16.5 Å². The number of carboxylic acids is 1. The molecule has 2 rings (SSSR count). The minimum atomic E-state index is -1.24. The summed E-state index contributed by atoms with van der Waals surface area (Å²) in [6.45, 7) is 3.51. The van der Waals surface area contributed by atoms with Crippen molar-refractivity contribution in [2.75, 3.05) is 0 Å². The zero-order valence-corrected chi connectivity index (χ0v) is 12.1. The quantitative estimate of drug-likeness (QED) is 0.908. The highest BCUT2D eigenvalue weighted by atomic mass is 35.5. The summed E-state index contributed by atoms with van der Waals surface area (Å²) in [6.07, 6.45) is 2.16. The average Bonchev–Trinajstić information content (AvgIpc) is 2.66. The number of hydrogen-bond acceptors (Lipinski definition) is 2. The molecule has 0 fully saturated rings. The molecular formula is C14H14Cl2O3. The maximum absolute atomic E-state index is 11.4. The third-order valence-corrected chi connectivity index (χ3v) is 3.94. The lowest BCUT2D eigenvalue weighted by Gasteiger charge is -2.27. The number of halogens is 2. The summed E-state index contributed by atoms with van der Waals surface area (Å²) in [7, 11) is 0. The highest BCUT2D eigenvalue weighted by molar-refractivity contribution is 6.34. The van der Waals surface area contributed by atoms with Gasteiger partial charge in [0.05, 0.1) is 6.26 Å². The van der Waals surface area contributed by atoms with Crippen LogP contribution >= 0.6 is 23.2 Å². The Morgan fingerprint density at radius 3 is 2.42 bits per heavy atom. The maximum atomic E-state index is 11.4. The van der Waals surface area contributed by atoms with Gasteiger partial charge in [0.15, 0.2) is 0 Å². The van der Waals surface area contributed by atoms with Crippen LogP contribution in [0, 0.1) is 5.92 Å². The van der Waals surface area contributed by atoms with E-state index in [9.17, 15) is 9.90 Å². The third kappa shape index (κ3) is 2.45. The molecule has 0 saturated carbocycles. The van der Waals surface area contributed by atoms with Crippen LogP contribution in [-0.4, -0.2) is 16.7 Å². The topological polar surface area (TPSA) is 46.5 Å². The van der Waals surface area contributed by atoms with E-state index in [1.54, 1.807) is 25.1 Å². The van der Waals surface area contributed by atoms with Crippen molar-refractivity contribution in [2.45, 2.75) is 25.9 Å². The van der Waals surface area contributed by atoms with Gasteiger partial charge in [-0.2, -0.15) is 0 Å². The van der Waals surface area contributed by atoms with E-state index in [4.69, 9.17) is 27.9 Å².